The third-order valence-corrected chi connectivity index (χ3v) is 3.65. The number of nitrogens with zero attached hydrogens (tertiary/aromatic N) is 2. The number of nitrogens with one attached hydrogen (secondary N) is 2. The van der Waals surface area contributed by atoms with E-state index in [0.29, 0.717) is 5.56 Å². The molecule has 2 N–H and O–H groups in total. The highest BCUT2D eigenvalue weighted by molar-refractivity contribution is 7.97. The zero-order chi connectivity index (χ0) is 15.2. The summed E-state index contributed by atoms with van der Waals surface area (Å²) in [6, 6.07) is 19.4. The molecule has 5 nitrogen and oxygen atoms in total. The summed E-state index contributed by atoms with van der Waals surface area (Å²) in [7, 11) is 0. The molecule has 0 fully saturated rings. The van der Waals surface area contributed by atoms with Crippen molar-refractivity contribution >= 4 is 17.9 Å². The van der Waals surface area contributed by atoms with Crippen molar-refractivity contribution in [3.63, 3.8) is 0 Å². The summed E-state index contributed by atoms with van der Waals surface area (Å²) in [4.78, 5) is 15.9. The number of aromatic nitrogens is 2. The van der Waals surface area contributed by atoms with E-state index in [9.17, 15) is 4.79 Å². The molecule has 0 aliphatic carbocycles. The number of carbonyl (C=O) groups excluding carboxylic acids is 1. The number of hydrogen-bond donors (Lipinski definition) is 2. The van der Waals surface area contributed by atoms with Crippen molar-refractivity contribution in [1.82, 2.24) is 20.0 Å². The van der Waals surface area contributed by atoms with Crippen LogP contribution in [-0.2, 0) is 0 Å². The fraction of sp³-hybridized carbons (Fsp3) is 0. The Morgan fingerprint density at radius 2 is 1.68 bits per heavy atom. The van der Waals surface area contributed by atoms with Gasteiger partial charge in [0.15, 0.2) is 0 Å². The molecule has 22 heavy (non-hydrogen) atoms. The Bertz CT molecular complexity index is 743. The fourth-order valence-corrected chi connectivity index (χ4v) is 2.41. The van der Waals surface area contributed by atoms with Gasteiger partial charge in [0, 0.05) is 11.1 Å². The zero-order valence-electron chi connectivity index (χ0n) is 11.6. The van der Waals surface area contributed by atoms with Crippen LogP contribution in [0.4, 0.5) is 0 Å². The maximum atomic E-state index is 12.0. The molecule has 0 aliphatic heterocycles. The minimum absolute atomic E-state index is 0.231. The van der Waals surface area contributed by atoms with Gasteiger partial charge in [0.25, 0.3) is 5.91 Å². The van der Waals surface area contributed by atoms with Crippen LogP contribution in [0.3, 0.4) is 0 Å². The van der Waals surface area contributed by atoms with Crippen LogP contribution in [0.15, 0.2) is 78.0 Å². The number of amides is 1. The third kappa shape index (κ3) is 3.55. The fourth-order valence-electron chi connectivity index (χ4n) is 1.85. The first-order chi connectivity index (χ1) is 10.8. The van der Waals surface area contributed by atoms with Gasteiger partial charge in [-0.05, 0) is 36.2 Å². The molecule has 3 aromatic rings. The Kier molecular flexibility index (Phi) is 4.53. The summed E-state index contributed by atoms with van der Waals surface area (Å²) in [5, 5.41) is 4.20. The molecule has 3 rings (SSSR count). The summed E-state index contributed by atoms with van der Waals surface area (Å²) < 4.78 is 1.67. The molecule has 1 amide bonds. The first-order valence-corrected chi connectivity index (χ1v) is 7.52. The standard InChI is InChI=1S/C16H14N4OS/c21-16(18-19-22-15-9-5-2-6-10-15)13-11-17-20(12-13)14-7-3-1-4-8-14/h1-12,19H,(H,18,21). The number of rotatable bonds is 5. The molecule has 110 valence electrons. The van der Waals surface area contributed by atoms with Crippen LogP contribution in [0.2, 0.25) is 0 Å². The van der Waals surface area contributed by atoms with Gasteiger partial charge >= 0.3 is 0 Å². The summed E-state index contributed by atoms with van der Waals surface area (Å²) >= 11 is 1.34. The van der Waals surface area contributed by atoms with Crippen LogP contribution in [0.1, 0.15) is 10.4 Å². The average molecular weight is 310 g/mol. The lowest BCUT2D eigenvalue weighted by atomic mass is 10.3. The van der Waals surface area contributed by atoms with Gasteiger partial charge in [-0.15, -0.1) is 0 Å². The van der Waals surface area contributed by atoms with Crippen LogP contribution in [-0.4, -0.2) is 15.7 Å². The summed E-state index contributed by atoms with van der Waals surface area (Å²) in [5.74, 6) is -0.231. The second-order valence-electron chi connectivity index (χ2n) is 4.48. The highest BCUT2D eigenvalue weighted by atomic mass is 32.2. The summed E-state index contributed by atoms with van der Waals surface area (Å²) in [5.41, 5.74) is 4.03. The lowest BCUT2D eigenvalue weighted by Gasteiger charge is -2.04. The van der Waals surface area contributed by atoms with Gasteiger partial charge in [0.05, 0.1) is 17.4 Å². The minimum atomic E-state index is -0.231. The molecule has 0 spiro atoms. The van der Waals surface area contributed by atoms with Crippen molar-refractivity contribution in [2.45, 2.75) is 4.90 Å². The summed E-state index contributed by atoms with van der Waals surface area (Å²) in [6.07, 6.45) is 3.23. The van der Waals surface area contributed by atoms with E-state index in [0.717, 1.165) is 10.6 Å². The lowest BCUT2D eigenvalue weighted by Crippen LogP contribution is -2.32. The van der Waals surface area contributed by atoms with Gasteiger partial charge in [-0.2, -0.15) is 9.93 Å². The van der Waals surface area contributed by atoms with Gasteiger partial charge in [-0.25, -0.2) is 4.68 Å². The van der Waals surface area contributed by atoms with Crippen LogP contribution in [0.25, 0.3) is 5.69 Å². The first-order valence-electron chi connectivity index (χ1n) is 6.70. The van der Waals surface area contributed by atoms with Crippen LogP contribution < -0.4 is 10.3 Å². The molecule has 1 aromatic heterocycles. The molecule has 0 atom stereocenters. The number of carbonyl (C=O) groups is 1. The monoisotopic (exact) mass is 310 g/mol. The molecular formula is C16H14N4OS. The Balaban J connectivity index is 1.58. The van der Waals surface area contributed by atoms with Gasteiger partial charge in [-0.1, -0.05) is 36.4 Å². The highest BCUT2D eigenvalue weighted by Crippen LogP contribution is 2.12. The molecule has 2 aromatic carbocycles. The molecule has 1 heterocycles. The Hall–Kier alpha value is -2.57. The van der Waals surface area contributed by atoms with Crippen molar-refractivity contribution in [3.8, 4) is 5.69 Å². The lowest BCUT2D eigenvalue weighted by molar-refractivity contribution is 0.0947. The van der Waals surface area contributed by atoms with E-state index in [4.69, 9.17) is 0 Å². The van der Waals surface area contributed by atoms with Crippen molar-refractivity contribution in [2.75, 3.05) is 0 Å². The van der Waals surface area contributed by atoms with Crippen LogP contribution >= 0.6 is 11.9 Å². The Morgan fingerprint density at radius 1 is 1.00 bits per heavy atom. The molecule has 0 saturated carbocycles. The Morgan fingerprint density at radius 3 is 2.41 bits per heavy atom. The number of para-hydroxylation sites is 1. The first kappa shape index (κ1) is 14.4. The van der Waals surface area contributed by atoms with Crippen LogP contribution in [0.5, 0.6) is 0 Å². The highest BCUT2D eigenvalue weighted by Gasteiger charge is 2.08. The van der Waals surface area contributed by atoms with E-state index in [1.165, 1.54) is 18.1 Å². The molecule has 0 saturated heterocycles. The quantitative estimate of drug-likeness (QED) is 0.562. The normalized spacial score (nSPS) is 10.4. The van der Waals surface area contributed by atoms with Gasteiger partial charge in [0.1, 0.15) is 0 Å². The molecule has 0 aliphatic rings. The minimum Gasteiger partial charge on any atom is -0.277 e. The molecule has 0 radical (unpaired) electrons. The van der Waals surface area contributed by atoms with E-state index in [-0.39, 0.29) is 5.91 Å². The third-order valence-electron chi connectivity index (χ3n) is 2.94. The smallest absolute Gasteiger partial charge is 0.269 e. The molecule has 6 heteroatoms. The van der Waals surface area contributed by atoms with E-state index >= 15 is 0 Å². The average Bonchev–Trinajstić information content (AvgIpc) is 3.07. The van der Waals surface area contributed by atoms with E-state index in [2.05, 4.69) is 15.4 Å². The second kappa shape index (κ2) is 6.93. The van der Waals surface area contributed by atoms with Crippen molar-refractivity contribution in [3.05, 3.63) is 78.6 Å². The SMILES string of the molecule is O=C(NNSc1ccccc1)c1cnn(-c2ccccc2)c1. The van der Waals surface area contributed by atoms with Crippen molar-refractivity contribution < 1.29 is 4.79 Å². The van der Waals surface area contributed by atoms with Gasteiger partial charge < -0.3 is 0 Å². The maximum absolute atomic E-state index is 12.0. The second-order valence-corrected chi connectivity index (χ2v) is 5.36. The number of hydrogen-bond acceptors (Lipinski definition) is 4. The number of benzene rings is 2. The summed E-state index contributed by atoms with van der Waals surface area (Å²) in [6.45, 7) is 0. The van der Waals surface area contributed by atoms with Crippen molar-refractivity contribution in [2.24, 2.45) is 0 Å². The van der Waals surface area contributed by atoms with E-state index in [1.807, 2.05) is 60.7 Å². The predicted octanol–water partition coefficient (Wildman–Crippen LogP) is 2.81. The molecule has 0 unspecified atom stereocenters. The maximum Gasteiger partial charge on any atom is 0.269 e. The van der Waals surface area contributed by atoms with Gasteiger partial charge in [-0.3, -0.25) is 10.2 Å². The molecular weight excluding hydrogens is 296 g/mol. The van der Waals surface area contributed by atoms with Gasteiger partial charge in [0.2, 0.25) is 0 Å². The van der Waals surface area contributed by atoms with E-state index < -0.39 is 0 Å². The van der Waals surface area contributed by atoms with Crippen LogP contribution in [0, 0.1) is 0 Å². The Labute approximate surface area is 132 Å². The number of hydrazine groups is 1. The largest absolute Gasteiger partial charge is 0.277 e. The van der Waals surface area contributed by atoms with E-state index in [1.54, 1.807) is 10.9 Å². The van der Waals surface area contributed by atoms with Crippen molar-refractivity contribution in [1.29, 1.82) is 0 Å². The zero-order valence-corrected chi connectivity index (χ0v) is 12.5. The molecule has 0 bridgehead atoms. The topological polar surface area (TPSA) is 59.0 Å². The predicted molar refractivity (Wildman–Crippen MR) is 86.5 cm³/mol.